The number of ether oxygens (including phenoxy) is 1. The van der Waals surface area contributed by atoms with Crippen LogP contribution in [-0.2, 0) is 16.1 Å². The lowest BCUT2D eigenvalue weighted by atomic mass is 10.1. The molecule has 0 aliphatic rings. The summed E-state index contributed by atoms with van der Waals surface area (Å²) in [6.45, 7) is 2.95. The Bertz CT molecular complexity index is 337. The van der Waals surface area contributed by atoms with Crippen molar-refractivity contribution in [3.63, 3.8) is 0 Å². The molecule has 0 saturated heterocycles. The van der Waals surface area contributed by atoms with Crippen LogP contribution in [0.4, 0.5) is 4.39 Å². The Labute approximate surface area is 94.6 Å². The van der Waals surface area contributed by atoms with Crippen molar-refractivity contribution in [1.29, 1.82) is 0 Å². The van der Waals surface area contributed by atoms with E-state index < -0.39 is 0 Å². The van der Waals surface area contributed by atoms with E-state index in [0.29, 0.717) is 13.1 Å². The molecule has 0 unspecified atom stereocenters. The molecule has 0 bridgehead atoms. The maximum absolute atomic E-state index is 12.6. The van der Waals surface area contributed by atoms with Crippen molar-refractivity contribution in [3.8, 4) is 0 Å². The standard InChI is InChI=1S/C12H16FNO2/c1-9(12(15)16-2)7-14-8-10-3-5-11(13)6-4-10/h3-6,9,14H,7-8H2,1-2H3/t9-/m1/s1. The quantitative estimate of drug-likeness (QED) is 0.775. The number of carbonyl (C=O) groups excluding carboxylic acids is 1. The summed E-state index contributed by atoms with van der Waals surface area (Å²) in [4.78, 5) is 11.1. The zero-order chi connectivity index (χ0) is 12.0. The Hall–Kier alpha value is -1.42. The smallest absolute Gasteiger partial charge is 0.309 e. The van der Waals surface area contributed by atoms with Crippen molar-refractivity contribution in [2.24, 2.45) is 5.92 Å². The highest BCUT2D eigenvalue weighted by molar-refractivity contribution is 5.71. The summed E-state index contributed by atoms with van der Waals surface area (Å²) >= 11 is 0. The summed E-state index contributed by atoms with van der Waals surface area (Å²) in [6.07, 6.45) is 0. The zero-order valence-corrected chi connectivity index (χ0v) is 9.50. The van der Waals surface area contributed by atoms with E-state index >= 15 is 0 Å². The molecule has 1 atom stereocenters. The number of benzene rings is 1. The van der Waals surface area contributed by atoms with E-state index in [9.17, 15) is 9.18 Å². The minimum Gasteiger partial charge on any atom is -0.469 e. The van der Waals surface area contributed by atoms with Gasteiger partial charge in [0.2, 0.25) is 0 Å². The van der Waals surface area contributed by atoms with Gasteiger partial charge in [-0.15, -0.1) is 0 Å². The third-order valence-corrected chi connectivity index (χ3v) is 2.30. The molecular weight excluding hydrogens is 209 g/mol. The van der Waals surface area contributed by atoms with Gasteiger partial charge in [0.15, 0.2) is 0 Å². The normalized spacial score (nSPS) is 12.2. The first-order chi connectivity index (χ1) is 7.63. The maximum atomic E-state index is 12.6. The minimum atomic E-state index is -0.244. The fourth-order valence-corrected chi connectivity index (χ4v) is 1.32. The van der Waals surface area contributed by atoms with Crippen LogP contribution in [0.15, 0.2) is 24.3 Å². The molecule has 0 aliphatic carbocycles. The number of esters is 1. The zero-order valence-electron chi connectivity index (χ0n) is 9.50. The highest BCUT2D eigenvalue weighted by Gasteiger charge is 2.11. The van der Waals surface area contributed by atoms with Gasteiger partial charge in [-0.25, -0.2) is 4.39 Å². The van der Waals surface area contributed by atoms with E-state index in [2.05, 4.69) is 10.1 Å². The summed E-state index contributed by atoms with van der Waals surface area (Å²) < 4.78 is 17.2. The number of hydrogen-bond acceptors (Lipinski definition) is 3. The lowest BCUT2D eigenvalue weighted by molar-refractivity contribution is -0.144. The lowest BCUT2D eigenvalue weighted by Crippen LogP contribution is -2.26. The SMILES string of the molecule is COC(=O)[C@H](C)CNCc1ccc(F)cc1. The average Bonchev–Trinajstić information content (AvgIpc) is 2.30. The first-order valence-corrected chi connectivity index (χ1v) is 5.16. The van der Waals surface area contributed by atoms with Crippen LogP contribution in [0.1, 0.15) is 12.5 Å². The first-order valence-electron chi connectivity index (χ1n) is 5.16. The van der Waals surface area contributed by atoms with Crippen LogP contribution in [-0.4, -0.2) is 19.6 Å². The molecule has 1 N–H and O–H groups in total. The molecule has 1 aromatic rings. The number of nitrogens with one attached hydrogen (secondary N) is 1. The Balaban J connectivity index is 2.30. The van der Waals surface area contributed by atoms with Crippen molar-refractivity contribution < 1.29 is 13.9 Å². The van der Waals surface area contributed by atoms with E-state index in [0.717, 1.165) is 5.56 Å². The van der Waals surface area contributed by atoms with E-state index in [1.54, 1.807) is 19.1 Å². The molecular formula is C12H16FNO2. The van der Waals surface area contributed by atoms with Crippen molar-refractivity contribution in [3.05, 3.63) is 35.6 Å². The maximum Gasteiger partial charge on any atom is 0.309 e. The molecule has 0 heterocycles. The molecule has 0 radical (unpaired) electrons. The predicted octanol–water partition coefficient (Wildman–Crippen LogP) is 1.72. The number of halogens is 1. The van der Waals surface area contributed by atoms with Crippen molar-refractivity contribution in [2.75, 3.05) is 13.7 Å². The van der Waals surface area contributed by atoms with Gasteiger partial charge in [-0.05, 0) is 17.7 Å². The first kappa shape index (κ1) is 12.6. The van der Waals surface area contributed by atoms with E-state index in [1.807, 2.05) is 0 Å². The minimum absolute atomic E-state index is 0.176. The van der Waals surface area contributed by atoms with Gasteiger partial charge >= 0.3 is 5.97 Å². The number of rotatable bonds is 5. The third-order valence-electron chi connectivity index (χ3n) is 2.30. The largest absolute Gasteiger partial charge is 0.469 e. The summed E-state index contributed by atoms with van der Waals surface area (Å²) in [5.41, 5.74) is 0.985. The molecule has 88 valence electrons. The summed E-state index contributed by atoms with van der Waals surface area (Å²) in [6, 6.07) is 6.26. The van der Waals surface area contributed by atoms with Crippen molar-refractivity contribution >= 4 is 5.97 Å². The number of carbonyl (C=O) groups is 1. The Morgan fingerprint density at radius 1 is 1.44 bits per heavy atom. The van der Waals surface area contributed by atoms with Crippen LogP contribution in [0.2, 0.25) is 0 Å². The summed E-state index contributed by atoms with van der Waals surface area (Å²) in [7, 11) is 1.37. The van der Waals surface area contributed by atoms with Gasteiger partial charge in [-0.3, -0.25) is 4.79 Å². The van der Waals surface area contributed by atoms with E-state index in [4.69, 9.17) is 0 Å². The summed E-state index contributed by atoms with van der Waals surface area (Å²) in [5.74, 6) is -0.649. The molecule has 0 aromatic heterocycles. The van der Waals surface area contributed by atoms with Gasteiger partial charge in [-0.1, -0.05) is 19.1 Å². The predicted molar refractivity (Wildman–Crippen MR) is 59.3 cm³/mol. The lowest BCUT2D eigenvalue weighted by Gasteiger charge is -2.10. The second-order valence-electron chi connectivity index (χ2n) is 3.68. The molecule has 1 aromatic carbocycles. The highest BCUT2D eigenvalue weighted by Crippen LogP contribution is 2.02. The Morgan fingerprint density at radius 3 is 2.62 bits per heavy atom. The third kappa shape index (κ3) is 3.98. The monoisotopic (exact) mass is 225 g/mol. The molecule has 1 rings (SSSR count). The molecule has 0 amide bonds. The van der Waals surface area contributed by atoms with Gasteiger partial charge < -0.3 is 10.1 Å². The van der Waals surface area contributed by atoms with E-state index in [1.165, 1.54) is 19.2 Å². The molecule has 0 spiro atoms. The van der Waals surface area contributed by atoms with E-state index in [-0.39, 0.29) is 17.7 Å². The number of methoxy groups -OCH3 is 1. The van der Waals surface area contributed by atoms with Crippen molar-refractivity contribution in [1.82, 2.24) is 5.32 Å². The molecule has 3 nitrogen and oxygen atoms in total. The van der Waals surface area contributed by atoms with Crippen LogP contribution >= 0.6 is 0 Å². The Kier molecular flexibility index (Phi) is 4.92. The second-order valence-corrected chi connectivity index (χ2v) is 3.68. The molecule has 0 fully saturated rings. The second kappa shape index (κ2) is 6.23. The van der Waals surface area contributed by atoms with Crippen LogP contribution in [0.5, 0.6) is 0 Å². The molecule has 4 heteroatoms. The molecule has 16 heavy (non-hydrogen) atoms. The van der Waals surface area contributed by atoms with Gasteiger partial charge in [0, 0.05) is 13.1 Å². The van der Waals surface area contributed by atoms with Gasteiger partial charge in [-0.2, -0.15) is 0 Å². The highest BCUT2D eigenvalue weighted by atomic mass is 19.1. The topological polar surface area (TPSA) is 38.3 Å². The average molecular weight is 225 g/mol. The number of hydrogen-bond donors (Lipinski definition) is 1. The molecule has 0 saturated carbocycles. The summed E-state index contributed by atoms with van der Waals surface area (Å²) in [5, 5.41) is 3.11. The molecule has 0 aliphatic heterocycles. The van der Waals surface area contributed by atoms with Gasteiger partial charge in [0.05, 0.1) is 13.0 Å². The van der Waals surface area contributed by atoms with Gasteiger partial charge in [0.1, 0.15) is 5.82 Å². The van der Waals surface area contributed by atoms with Crippen LogP contribution in [0, 0.1) is 11.7 Å². The fourth-order valence-electron chi connectivity index (χ4n) is 1.32. The van der Waals surface area contributed by atoms with Gasteiger partial charge in [0.25, 0.3) is 0 Å². The Morgan fingerprint density at radius 2 is 2.06 bits per heavy atom. The fraction of sp³-hybridized carbons (Fsp3) is 0.417. The van der Waals surface area contributed by atoms with Crippen molar-refractivity contribution in [2.45, 2.75) is 13.5 Å². The van der Waals surface area contributed by atoms with Crippen LogP contribution in [0.3, 0.4) is 0 Å². The van der Waals surface area contributed by atoms with Crippen LogP contribution in [0.25, 0.3) is 0 Å². The van der Waals surface area contributed by atoms with Crippen LogP contribution < -0.4 is 5.32 Å².